The second kappa shape index (κ2) is 10.2. The van der Waals surface area contributed by atoms with Crippen molar-refractivity contribution >= 4 is 40.5 Å². The SMILES string of the molecule is Cc1cc(Nc2cc(C)c(Cl)cn2)nc(-c2cnc(CC(O)C3CCC(C(=O)O)CC3)s2)c1. The predicted octanol–water partition coefficient (Wildman–Crippen LogP) is 5.41. The second-order valence-electron chi connectivity index (χ2n) is 8.70. The number of aryl methyl sites for hydroxylation is 2. The van der Waals surface area contributed by atoms with Crippen LogP contribution < -0.4 is 5.32 Å². The molecular weight excluding hydrogens is 460 g/mol. The van der Waals surface area contributed by atoms with Gasteiger partial charge in [-0.2, -0.15) is 0 Å². The van der Waals surface area contributed by atoms with E-state index in [4.69, 9.17) is 21.7 Å². The number of aliphatic carboxylic acids is 1. The summed E-state index contributed by atoms with van der Waals surface area (Å²) in [4.78, 5) is 25.6. The Kier molecular flexibility index (Phi) is 7.26. The highest BCUT2D eigenvalue weighted by Gasteiger charge is 2.30. The molecular formula is C24H27ClN4O3S. The van der Waals surface area contributed by atoms with E-state index in [0.717, 1.165) is 39.5 Å². The van der Waals surface area contributed by atoms with E-state index in [9.17, 15) is 9.90 Å². The Labute approximate surface area is 201 Å². The minimum Gasteiger partial charge on any atom is -0.481 e. The van der Waals surface area contributed by atoms with Crippen LogP contribution in [-0.2, 0) is 11.2 Å². The number of rotatable bonds is 7. The molecule has 1 atom stereocenters. The number of carbonyl (C=O) groups is 1. The number of pyridine rings is 2. The number of carboxylic acid groups (broad SMARTS) is 1. The Balaban J connectivity index is 1.43. The van der Waals surface area contributed by atoms with Crippen molar-refractivity contribution in [2.45, 2.75) is 52.1 Å². The Hall–Kier alpha value is -2.55. The van der Waals surface area contributed by atoms with Crippen LogP contribution in [0.15, 0.2) is 30.6 Å². The van der Waals surface area contributed by atoms with Gasteiger partial charge in [-0.3, -0.25) is 4.79 Å². The van der Waals surface area contributed by atoms with Gasteiger partial charge in [-0.1, -0.05) is 11.6 Å². The lowest BCUT2D eigenvalue weighted by Crippen LogP contribution is -2.29. The summed E-state index contributed by atoms with van der Waals surface area (Å²) in [5.41, 5.74) is 2.80. The van der Waals surface area contributed by atoms with Gasteiger partial charge in [0.25, 0.3) is 0 Å². The van der Waals surface area contributed by atoms with Crippen molar-refractivity contribution in [1.29, 1.82) is 0 Å². The summed E-state index contributed by atoms with van der Waals surface area (Å²) < 4.78 is 0. The molecule has 0 aromatic carbocycles. The second-order valence-corrected chi connectivity index (χ2v) is 10.2. The van der Waals surface area contributed by atoms with Crippen molar-refractivity contribution in [3.05, 3.63) is 51.7 Å². The first kappa shape index (κ1) is 23.6. The highest BCUT2D eigenvalue weighted by Crippen LogP contribution is 2.34. The standard InChI is InChI=1S/C24H27ClN4O3S/c1-13-7-18(28-22(8-13)29-21-9-14(2)17(25)11-26-21)20-12-27-23(33-20)10-19(30)15-3-5-16(6-4-15)24(31)32/h7-9,11-12,15-16,19,30H,3-6,10H2,1-2H3,(H,31,32)(H,26,28,29). The molecule has 0 radical (unpaired) electrons. The summed E-state index contributed by atoms with van der Waals surface area (Å²) in [6, 6.07) is 5.84. The van der Waals surface area contributed by atoms with Crippen molar-refractivity contribution in [2.75, 3.05) is 5.32 Å². The van der Waals surface area contributed by atoms with Gasteiger partial charge in [0.05, 0.1) is 32.6 Å². The number of aliphatic hydroxyl groups is 1. The van der Waals surface area contributed by atoms with Crippen LogP contribution in [-0.4, -0.2) is 37.2 Å². The third kappa shape index (κ3) is 5.88. The molecule has 3 heterocycles. The highest BCUT2D eigenvalue weighted by atomic mass is 35.5. The molecule has 174 valence electrons. The van der Waals surface area contributed by atoms with Gasteiger partial charge in [0, 0.05) is 18.8 Å². The fraction of sp³-hybridized carbons (Fsp3) is 0.417. The molecule has 7 nitrogen and oxygen atoms in total. The Bertz CT molecular complexity index is 1140. The van der Waals surface area contributed by atoms with E-state index < -0.39 is 12.1 Å². The van der Waals surface area contributed by atoms with Crippen LogP contribution in [0.25, 0.3) is 10.6 Å². The molecule has 1 aliphatic rings. The summed E-state index contributed by atoms with van der Waals surface area (Å²) in [7, 11) is 0. The topological polar surface area (TPSA) is 108 Å². The molecule has 0 spiro atoms. The number of anilines is 2. The van der Waals surface area contributed by atoms with Crippen LogP contribution in [0.3, 0.4) is 0 Å². The minimum atomic E-state index is -0.728. The van der Waals surface area contributed by atoms with Gasteiger partial charge in [-0.05, 0) is 74.8 Å². The number of thiazole rings is 1. The van der Waals surface area contributed by atoms with Crippen LogP contribution in [0, 0.1) is 25.7 Å². The fourth-order valence-electron chi connectivity index (χ4n) is 4.22. The molecule has 3 aromatic rings. The smallest absolute Gasteiger partial charge is 0.306 e. The minimum absolute atomic E-state index is 0.121. The quantitative estimate of drug-likeness (QED) is 0.409. The molecule has 0 aliphatic heterocycles. The van der Waals surface area contributed by atoms with Crippen LogP contribution >= 0.6 is 22.9 Å². The number of halogens is 1. The Morgan fingerprint density at radius 1 is 1.15 bits per heavy atom. The maximum Gasteiger partial charge on any atom is 0.306 e. The van der Waals surface area contributed by atoms with Crippen molar-refractivity contribution in [1.82, 2.24) is 15.0 Å². The van der Waals surface area contributed by atoms with Gasteiger partial charge in [-0.15, -0.1) is 11.3 Å². The van der Waals surface area contributed by atoms with E-state index in [0.29, 0.717) is 35.9 Å². The number of nitrogens with one attached hydrogen (secondary N) is 1. The van der Waals surface area contributed by atoms with Crippen molar-refractivity contribution < 1.29 is 15.0 Å². The van der Waals surface area contributed by atoms with Gasteiger partial charge < -0.3 is 15.5 Å². The number of carboxylic acids is 1. The van der Waals surface area contributed by atoms with Crippen LogP contribution in [0.5, 0.6) is 0 Å². The monoisotopic (exact) mass is 486 g/mol. The first-order chi connectivity index (χ1) is 15.8. The van der Waals surface area contributed by atoms with Crippen LogP contribution in [0.4, 0.5) is 11.6 Å². The third-order valence-corrected chi connectivity index (χ3v) is 7.57. The first-order valence-corrected chi connectivity index (χ1v) is 12.2. The normalized spacial score (nSPS) is 19.3. The molecule has 33 heavy (non-hydrogen) atoms. The highest BCUT2D eigenvalue weighted by molar-refractivity contribution is 7.15. The number of aromatic nitrogens is 3. The fourth-order valence-corrected chi connectivity index (χ4v) is 5.25. The molecule has 1 fully saturated rings. The van der Waals surface area contributed by atoms with Crippen molar-refractivity contribution in [3.8, 4) is 10.6 Å². The maximum absolute atomic E-state index is 11.1. The zero-order valence-corrected chi connectivity index (χ0v) is 20.2. The average molecular weight is 487 g/mol. The zero-order valence-electron chi connectivity index (χ0n) is 18.6. The average Bonchev–Trinajstić information content (AvgIpc) is 3.24. The maximum atomic E-state index is 11.1. The van der Waals surface area contributed by atoms with E-state index in [1.807, 2.05) is 32.0 Å². The van der Waals surface area contributed by atoms with Crippen molar-refractivity contribution in [2.24, 2.45) is 11.8 Å². The van der Waals surface area contributed by atoms with Gasteiger partial charge in [-0.25, -0.2) is 15.0 Å². The number of aliphatic hydroxyl groups excluding tert-OH is 1. The van der Waals surface area contributed by atoms with E-state index in [1.165, 1.54) is 11.3 Å². The number of nitrogens with zero attached hydrogens (tertiary/aromatic N) is 3. The molecule has 9 heteroatoms. The lowest BCUT2D eigenvalue weighted by atomic mass is 9.79. The molecule has 0 bridgehead atoms. The van der Waals surface area contributed by atoms with Gasteiger partial charge >= 0.3 is 5.97 Å². The lowest BCUT2D eigenvalue weighted by molar-refractivity contribution is -0.143. The van der Waals surface area contributed by atoms with Crippen LogP contribution in [0.2, 0.25) is 5.02 Å². The summed E-state index contributed by atoms with van der Waals surface area (Å²) >= 11 is 7.59. The molecule has 3 aromatic heterocycles. The van der Waals surface area contributed by atoms with Crippen LogP contribution in [0.1, 0.15) is 41.8 Å². The van der Waals surface area contributed by atoms with E-state index in [-0.39, 0.29) is 11.8 Å². The summed E-state index contributed by atoms with van der Waals surface area (Å²) in [6.45, 7) is 3.94. The van der Waals surface area contributed by atoms with Gasteiger partial charge in [0.15, 0.2) is 0 Å². The number of hydrogen-bond donors (Lipinski definition) is 3. The predicted molar refractivity (Wildman–Crippen MR) is 130 cm³/mol. The van der Waals surface area contributed by atoms with E-state index in [1.54, 1.807) is 12.4 Å². The molecule has 0 saturated heterocycles. The van der Waals surface area contributed by atoms with Gasteiger partial charge in [0.2, 0.25) is 0 Å². The zero-order chi connectivity index (χ0) is 23.5. The Morgan fingerprint density at radius 2 is 1.91 bits per heavy atom. The Morgan fingerprint density at radius 3 is 2.61 bits per heavy atom. The summed E-state index contributed by atoms with van der Waals surface area (Å²) in [5, 5.41) is 24.6. The van der Waals surface area contributed by atoms with Crippen molar-refractivity contribution in [3.63, 3.8) is 0 Å². The summed E-state index contributed by atoms with van der Waals surface area (Å²) in [5.74, 6) is 0.475. The molecule has 1 saturated carbocycles. The largest absolute Gasteiger partial charge is 0.481 e. The summed E-state index contributed by atoms with van der Waals surface area (Å²) in [6.07, 6.45) is 6.11. The molecule has 1 unspecified atom stereocenters. The number of hydrogen-bond acceptors (Lipinski definition) is 7. The molecule has 1 aliphatic carbocycles. The molecule has 3 N–H and O–H groups in total. The first-order valence-electron chi connectivity index (χ1n) is 11.0. The van der Waals surface area contributed by atoms with E-state index in [2.05, 4.69) is 15.3 Å². The molecule has 0 amide bonds. The lowest BCUT2D eigenvalue weighted by Gasteiger charge is -2.29. The van der Waals surface area contributed by atoms with Gasteiger partial charge in [0.1, 0.15) is 11.6 Å². The molecule has 4 rings (SSSR count). The third-order valence-electron chi connectivity index (χ3n) is 6.13. The van der Waals surface area contributed by atoms with E-state index >= 15 is 0 Å².